The van der Waals surface area contributed by atoms with Gasteiger partial charge < -0.3 is 9.66 Å². The molecular formula is C24H21F3N2O4S. The summed E-state index contributed by atoms with van der Waals surface area (Å²) < 4.78 is 61.1. The zero-order valence-electron chi connectivity index (χ0n) is 18.5. The summed E-state index contributed by atoms with van der Waals surface area (Å²) in [6.07, 6.45) is 5.91. The number of hydrogen-bond donors (Lipinski definition) is 1. The van der Waals surface area contributed by atoms with Crippen LogP contribution in [0.4, 0.5) is 13.2 Å². The van der Waals surface area contributed by atoms with Crippen LogP contribution in [-0.2, 0) is 17.2 Å². The smallest absolute Gasteiger partial charge is 0.485 e. The number of hydrogen-bond acceptors (Lipinski definition) is 5. The van der Waals surface area contributed by atoms with Crippen molar-refractivity contribution in [2.45, 2.75) is 19.4 Å². The predicted molar refractivity (Wildman–Crippen MR) is 123 cm³/mol. The van der Waals surface area contributed by atoms with Gasteiger partial charge in [-0.25, -0.2) is 8.42 Å². The lowest BCUT2D eigenvalue weighted by Gasteiger charge is -2.08. The van der Waals surface area contributed by atoms with Gasteiger partial charge in [-0.05, 0) is 54.8 Å². The number of pyridine rings is 2. The van der Waals surface area contributed by atoms with E-state index < -0.39 is 15.6 Å². The average molecular weight is 491 g/mol. The number of nitrogens with zero attached hydrogens (tertiary/aromatic N) is 2. The topological polar surface area (TPSA) is 94.2 Å². The highest BCUT2D eigenvalue weighted by Crippen LogP contribution is 2.26. The summed E-state index contributed by atoms with van der Waals surface area (Å²) >= 11 is 0. The highest BCUT2D eigenvalue weighted by Gasteiger charge is 2.36. The molecule has 2 aromatic carbocycles. The molecule has 0 spiro atoms. The highest BCUT2D eigenvalue weighted by atomic mass is 32.2. The molecule has 1 N–H and O–H groups in total. The van der Waals surface area contributed by atoms with E-state index in [1.54, 1.807) is 12.3 Å². The van der Waals surface area contributed by atoms with Crippen LogP contribution in [0.2, 0.25) is 0 Å². The van der Waals surface area contributed by atoms with Crippen molar-refractivity contribution < 1.29 is 35.8 Å². The number of phenols is 1. The third-order valence-corrected chi connectivity index (χ3v) is 5.75. The van der Waals surface area contributed by atoms with Gasteiger partial charge in [0.1, 0.15) is 18.3 Å². The number of rotatable bonds is 2. The molecule has 0 aliphatic carbocycles. The van der Waals surface area contributed by atoms with Gasteiger partial charge >= 0.3 is 5.51 Å². The van der Waals surface area contributed by atoms with Crippen LogP contribution in [0.25, 0.3) is 34.0 Å². The van der Waals surface area contributed by atoms with Gasteiger partial charge in [-0.15, -0.1) is 0 Å². The molecule has 2 aromatic heterocycles. The second kappa shape index (κ2) is 9.40. The molecule has 0 fully saturated rings. The monoisotopic (exact) mass is 490 g/mol. The Bertz CT molecular complexity index is 1510. The van der Waals surface area contributed by atoms with Gasteiger partial charge in [0.2, 0.25) is 11.2 Å². The summed E-state index contributed by atoms with van der Waals surface area (Å²) in [5, 5.41) is 12.2. The third-order valence-electron chi connectivity index (χ3n) is 5.18. The van der Waals surface area contributed by atoms with Crippen LogP contribution in [0.3, 0.4) is 0 Å². The molecular weight excluding hydrogens is 469 g/mol. The number of aryl methyl sites for hydroxylation is 3. The Morgan fingerprint density at radius 2 is 1.71 bits per heavy atom. The van der Waals surface area contributed by atoms with Crippen molar-refractivity contribution in [3.05, 3.63) is 77.1 Å². The van der Waals surface area contributed by atoms with Gasteiger partial charge in [0, 0.05) is 35.2 Å². The fourth-order valence-corrected chi connectivity index (χ4v) is 3.54. The van der Waals surface area contributed by atoms with E-state index in [1.165, 1.54) is 22.0 Å². The molecule has 0 atom stereocenters. The molecule has 6 nitrogen and oxygen atoms in total. The number of alkyl halides is 3. The highest BCUT2D eigenvalue weighted by molar-refractivity contribution is 7.86. The van der Waals surface area contributed by atoms with E-state index in [1.807, 2.05) is 18.2 Å². The Balaban J connectivity index is 0.000000350. The lowest BCUT2D eigenvalue weighted by Crippen LogP contribution is -2.32. The number of benzene rings is 2. The summed E-state index contributed by atoms with van der Waals surface area (Å²) in [4.78, 5) is 4.29. The molecule has 0 saturated carbocycles. The lowest BCUT2D eigenvalue weighted by molar-refractivity contribution is -0.646. The fourth-order valence-electron chi connectivity index (χ4n) is 3.54. The van der Waals surface area contributed by atoms with Crippen LogP contribution in [0.15, 0.2) is 54.7 Å². The first kappa shape index (κ1) is 25.1. The van der Waals surface area contributed by atoms with E-state index in [-0.39, 0.29) is 5.75 Å². The average Bonchev–Trinajstić information content (AvgIpc) is 2.73. The normalized spacial score (nSPS) is 12.2. The molecule has 34 heavy (non-hydrogen) atoms. The fraction of sp³-hybridized carbons (Fsp3) is 0.167. The zero-order chi connectivity index (χ0) is 25.3. The standard InChI is InChI=1S/C23H20N2O.CHF3O3S/c1-15-13-16(2)19-10-9-18(25(3)21(19)14-15)8-7-17-11-12-24-23-20(17)5-4-6-22(23)26;2-1(3,4)8(5,6)7/h4-14H,1-3H3;(H,5,6,7). The Kier molecular flexibility index (Phi) is 6.94. The number of halogens is 3. The maximum atomic E-state index is 10.7. The second-order valence-corrected chi connectivity index (χ2v) is 9.01. The maximum Gasteiger partial charge on any atom is 0.485 e. The molecule has 0 aliphatic rings. The predicted octanol–water partition coefficient (Wildman–Crippen LogP) is 4.76. The summed E-state index contributed by atoms with van der Waals surface area (Å²) in [6.45, 7) is 4.28. The number of para-hydroxylation sites is 1. The van der Waals surface area contributed by atoms with Crippen LogP contribution in [0.1, 0.15) is 22.4 Å². The maximum absolute atomic E-state index is 10.7. The number of aromatic nitrogens is 2. The Morgan fingerprint density at radius 3 is 2.35 bits per heavy atom. The Hall–Kier alpha value is -3.50. The van der Waals surface area contributed by atoms with E-state index in [0.717, 1.165) is 16.6 Å². The molecule has 4 aromatic rings. The lowest BCUT2D eigenvalue weighted by atomic mass is 10.0. The van der Waals surface area contributed by atoms with Crippen molar-refractivity contribution in [2.24, 2.45) is 7.05 Å². The van der Waals surface area contributed by atoms with Crippen LogP contribution < -0.4 is 4.57 Å². The molecule has 0 saturated heterocycles. The van der Waals surface area contributed by atoms with Crippen molar-refractivity contribution in [1.82, 2.24) is 4.98 Å². The van der Waals surface area contributed by atoms with Crippen LogP contribution in [0.5, 0.6) is 5.75 Å². The summed E-state index contributed by atoms with van der Waals surface area (Å²) in [5.74, 6) is 0.208. The molecule has 0 unspecified atom stereocenters. The van der Waals surface area contributed by atoms with Crippen molar-refractivity contribution >= 4 is 44.1 Å². The van der Waals surface area contributed by atoms with Gasteiger partial charge in [0.05, 0.1) is 0 Å². The molecule has 0 bridgehead atoms. The molecule has 2 heterocycles. The van der Waals surface area contributed by atoms with Crippen molar-refractivity contribution in [1.29, 1.82) is 0 Å². The van der Waals surface area contributed by atoms with E-state index >= 15 is 0 Å². The first-order chi connectivity index (χ1) is 15.8. The van der Waals surface area contributed by atoms with Crippen LogP contribution >= 0.6 is 0 Å². The summed E-state index contributed by atoms with van der Waals surface area (Å²) in [5.41, 5.74) is 0.918. The molecule has 0 amide bonds. The molecule has 0 aliphatic heterocycles. The molecule has 4 rings (SSSR count). The van der Waals surface area contributed by atoms with Gasteiger partial charge in [0.25, 0.3) is 0 Å². The minimum Gasteiger partial charge on any atom is -0.741 e. The molecule has 0 radical (unpaired) electrons. The third kappa shape index (κ3) is 5.35. The molecule has 178 valence electrons. The van der Waals surface area contributed by atoms with Crippen molar-refractivity contribution in [2.75, 3.05) is 0 Å². The van der Waals surface area contributed by atoms with Crippen molar-refractivity contribution in [3.63, 3.8) is 0 Å². The van der Waals surface area contributed by atoms with E-state index in [4.69, 9.17) is 13.0 Å². The van der Waals surface area contributed by atoms with Gasteiger partial charge in [0.15, 0.2) is 10.1 Å². The number of phenolic OH excluding ortho intramolecular Hbond substituents is 1. The second-order valence-electron chi connectivity index (χ2n) is 7.64. The van der Waals surface area contributed by atoms with E-state index in [0.29, 0.717) is 5.52 Å². The minimum absolute atomic E-state index is 0.208. The SMILES string of the molecule is Cc1cc(C)c2ccc(C=Cc3ccnc4c(O)cccc34)[n+](C)c2c1.O=S(=O)([O-])C(F)(F)F. The first-order valence-corrected chi connectivity index (χ1v) is 11.4. The van der Waals surface area contributed by atoms with Crippen molar-refractivity contribution in [3.8, 4) is 5.75 Å². The van der Waals surface area contributed by atoms with E-state index in [2.05, 4.69) is 66.9 Å². The molecule has 10 heteroatoms. The first-order valence-electron chi connectivity index (χ1n) is 9.96. The number of aromatic hydroxyl groups is 1. The van der Waals surface area contributed by atoms with E-state index in [9.17, 15) is 18.3 Å². The summed E-state index contributed by atoms with van der Waals surface area (Å²) in [6, 6.07) is 16.2. The minimum atomic E-state index is -6.09. The van der Waals surface area contributed by atoms with Crippen LogP contribution in [0, 0.1) is 13.8 Å². The number of fused-ring (bicyclic) bond motifs is 2. The van der Waals surface area contributed by atoms with Gasteiger partial charge in [-0.3, -0.25) is 4.98 Å². The quantitative estimate of drug-likeness (QED) is 0.249. The Morgan fingerprint density at radius 1 is 1.03 bits per heavy atom. The summed E-state index contributed by atoms with van der Waals surface area (Å²) in [7, 11) is -4.00. The zero-order valence-corrected chi connectivity index (χ0v) is 19.3. The van der Waals surface area contributed by atoms with Gasteiger partial charge in [-0.1, -0.05) is 18.2 Å². The van der Waals surface area contributed by atoms with Crippen LogP contribution in [-0.4, -0.2) is 28.6 Å². The largest absolute Gasteiger partial charge is 0.741 e. The Labute approximate surface area is 194 Å². The van der Waals surface area contributed by atoms with Gasteiger partial charge in [-0.2, -0.15) is 17.7 Å².